The minimum absolute atomic E-state index is 0.100. The van der Waals surface area contributed by atoms with Crippen LogP contribution in [0, 0.1) is 0 Å². The highest BCUT2D eigenvalue weighted by Crippen LogP contribution is 2.21. The lowest BCUT2D eigenvalue weighted by atomic mass is 10.2. The zero-order valence-corrected chi connectivity index (χ0v) is 15.7. The van der Waals surface area contributed by atoms with E-state index in [-0.39, 0.29) is 22.5 Å². The van der Waals surface area contributed by atoms with E-state index in [1.165, 1.54) is 6.20 Å². The number of nitrogens with zero attached hydrogens (tertiary/aromatic N) is 4. The predicted molar refractivity (Wildman–Crippen MR) is 106 cm³/mol. The van der Waals surface area contributed by atoms with Gasteiger partial charge in [-0.25, -0.2) is 9.97 Å². The number of aromatic nitrogens is 2. The molecule has 0 aliphatic carbocycles. The van der Waals surface area contributed by atoms with Gasteiger partial charge in [-0.2, -0.15) is 10.2 Å². The fourth-order valence-electron chi connectivity index (χ4n) is 2.23. The molecule has 0 unspecified atom stereocenters. The molecule has 1 N–H and O–H groups in total. The molecule has 0 aliphatic heterocycles. The fourth-order valence-corrected chi connectivity index (χ4v) is 2.41. The van der Waals surface area contributed by atoms with Crippen molar-refractivity contribution in [2.45, 2.75) is 19.8 Å². The molecule has 3 rings (SSSR count). The number of nitrogens with one attached hydrogen (secondary N) is 1. The molecule has 0 saturated carbocycles. The summed E-state index contributed by atoms with van der Waals surface area (Å²) in [5, 5.41) is 11.3. The van der Waals surface area contributed by atoms with Crippen molar-refractivity contribution < 1.29 is 4.79 Å². The van der Waals surface area contributed by atoms with Gasteiger partial charge < -0.3 is 5.32 Å². The second-order valence-electron chi connectivity index (χ2n) is 6.12. The van der Waals surface area contributed by atoms with E-state index >= 15 is 0 Å². The van der Waals surface area contributed by atoms with Crippen molar-refractivity contribution in [1.29, 1.82) is 0 Å². The number of hydrogen-bond donors (Lipinski definition) is 1. The Morgan fingerprint density at radius 3 is 2.26 bits per heavy atom. The van der Waals surface area contributed by atoms with Crippen LogP contribution < -0.4 is 5.32 Å². The molecule has 0 spiro atoms. The number of carbonyl (C=O) groups is 1. The van der Waals surface area contributed by atoms with Gasteiger partial charge in [0.05, 0.1) is 22.6 Å². The number of halogens is 1. The first kappa shape index (κ1) is 18.7. The summed E-state index contributed by atoms with van der Waals surface area (Å²) in [7, 11) is 0. The van der Waals surface area contributed by atoms with Crippen molar-refractivity contribution in [1.82, 2.24) is 9.97 Å². The smallest absolute Gasteiger partial charge is 0.275 e. The summed E-state index contributed by atoms with van der Waals surface area (Å²) in [6.45, 7) is 3.90. The highest BCUT2D eigenvalue weighted by Gasteiger charge is 2.15. The highest BCUT2D eigenvalue weighted by molar-refractivity contribution is 6.33. The van der Waals surface area contributed by atoms with Crippen LogP contribution in [-0.4, -0.2) is 15.9 Å². The molecule has 27 heavy (non-hydrogen) atoms. The Balaban J connectivity index is 1.70. The topological polar surface area (TPSA) is 79.6 Å². The maximum Gasteiger partial charge on any atom is 0.275 e. The third-order valence-corrected chi connectivity index (χ3v) is 3.93. The van der Waals surface area contributed by atoms with Gasteiger partial charge in [-0.05, 0) is 36.4 Å². The monoisotopic (exact) mass is 379 g/mol. The summed E-state index contributed by atoms with van der Waals surface area (Å²) < 4.78 is 0. The van der Waals surface area contributed by atoms with Crippen molar-refractivity contribution in [2.24, 2.45) is 10.2 Å². The molecule has 2 aromatic carbocycles. The van der Waals surface area contributed by atoms with Gasteiger partial charge in [0.2, 0.25) is 0 Å². The van der Waals surface area contributed by atoms with Crippen molar-refractivity contribution in [2.75, 3.05) is 5.32 Å². The summed E-state index contributed by atoms with van der Waals surface area (Å²) in [6.07, 6.45) is 1.45. The van der Waals surface area contributed by atoms with E-state index < -0.39 is 0 Å². The Kier molecular flexibility index (Phi) is 5.88. The van der Waals surface area contributed by atoms with E-state index in [1.807, 2.05) is 44.2 Å². The van der Waals surface area contributed by atoms with Crippen LogP contribution in [0.4, 0.5) is 17.1 Å². The van der Waals surface area contributed by atoms with Crippen molar-refractivity contribution in [3.8, 4) is 0 Å². The van der Waals surface area contributed by atoms with E-state index in [0.29, 0.717) is 17.2 Å². The highest BCUT2D eigenvalue weighted by atomic mass is 35.5. The van der Waals surface area contributed by atoms with Gasteiger partial charge in [0.15, 0.2) is 5.69 Å². The molecule has 3 aromatic rings. The SMILES string of the molecule is CC(C)c1ncc(Cl)c(C(=O)Nc2ccc(N=Nc3ccccc3)cc2)n1. The largest absolute Gasteiger partial charge is 0.321 e. The molecule has 1 amide bonds. The quantitative estimate of drug-likeness (QED) is 0.558. The Morgan fingerprint density at radius 2 is 1.63 bits per heavy atom. The van der Waals surface area contributed by atoms with Crippen LogP contribution in [0.25, 0.3) is 0 Å². The van der Waals surface area contributed by atoms with Crippen LogP contribution in [-0.2, 0) is 0 Å². The number of rotatable bonds is 5. The Bertz CT molecular complexity index is 956. The molecular weight excluding hydrogens is 362 g/mol. The average molecular weight is 380 g/mol. The Morgan fingerprint density at radius 1 is 1.00 bits per heavy atom. The number of azo groups is 1. The first-order valence-corrected chi connectivity index (χ1v) is 8.81. The molecule has 0 bridgehead atoms. The van der Waals surface area contributed by atoms with E-state index in [4.69, 9.17) is 11.6 Å². The Labute approximate surface area is 162 Å². The van der Waals surface area contributed by atoms with E-state index in [0.717, 1.165) is 5.69 Å². The number of hydrogen-bond acceptors (Lipinski definition) is 5. The molecule has 7 heteroatoms. The van der Waals surface area contributed by atoms with Crippen LogP contribution in [0.3, 0.4) is 0 Å². The lowest BCUT2D eigenvalue weighted by Gasteiger charge is -2.09. The molecule has 1 heterocycles. The molecule has 1 aromatic heterocycles. The minimum atomic E-state index is -0.386. The number of carbonyl (C=O) groups excluding carboxylic acids is 1. The van der Waals surface area contributed by atoms with E-state index in [9.17, 15) is 4.79 Å². The van der Waals surface area contributed by atoms with E-state index in [2.05, 4.69) is 25.5 Å². The minimum Gasteiger partial charge on any atom is -0.321 e. The molecule has 0 atom stereocenters. The van der Waals surface area contributed by atoms with Crippen LogP contribution in [0.5, 0.6) is 0 Å². The third kappa shape index (κ3) is 4.95. The molecule has 0 saturated heterocycles. The standard InChI is InChI=1S/C20H18ClN5O/c1-13(2)19-22-12-17(21)18(24-19)20(27)23-14-8-10-16(11-9-14)26-25-15-6-4-3-5-7-15/h3-13H,1-2H3,(H,23,27). The molecule has 136 valence electrons. The van der Waals surface area contributed by atoms with Crippen molar-refractivity contribution in [3.63, 3.8) is 0 Å². The lowest BCUT2D eigenvalue weighted by molar-refractivity contribution is 0.102. The van der Waals surface area contributed by atoms with Crippen molar-refractivity contribution >= 4 is 34.6 Å². The molecule has 0 radical (unpaired) electrons. The maximum absolute atomic E-state index is 12.5. The van der Waals surface area contributed by atoms with E-state index in [1.54, 1.807) is 24.3 Å². The second-order valence-corrected chi connectivity index (χ2v) is 6.52. The zero-order valence-electron chi connectivity index (χ0n) is 14.9. The predicted octanol–water partition coefficient (Wildman–Crippen LogP) is 5.92. The molecule has 0 fully saturated rings. The summed E-state index contributed by atoms with van der Waals surface area (Å²) in [5.74, 6) is 0.284. The fraction of sp³-hybridized carbons (Fsp3) is 0.150. The Hall–Kier alpha value is -3.12. The molecular formula is C20H18ClN5O. The van der Waals surface area contributed by atoms with Gasteiger partial charge in [-0.15, -0.1) is 0 Å². The second kappa shape index (κ2) is 8.51. The molecule has 0 aliphatic rings. The summed E-state index contributed by atoms with van der Waals surface area (Å²) in [6, 6.07) is 16.5. The summed E-state index contributed by atoms with van der Waals surface area (Å²) in [5.41, 5.74) is 2.22. The van der Waals surface area contributed by atoms with Crippen LogP contribution >= 0.6 is 11.6 Å². The number of anilines is 1. The number of amides is 1. The number of benzene rings is 2. The first-order chi connectivity index (χ1) is 13.0. The molecule has 6 nitrogen and oxygen atoms in total. The van der Waals surface area contributed by atoms with Gasteiger partial charge in [0, 0.05) is 11.6 Å². The average Bonchev–Trinajstić information content (AvgIpc) is 2.68. The zero-order chi connectivity index (χ0) is 19.2. The van der Waals surface area contributed by atoms with Gasteiger partial charge in [0.1, 0.15) is 5.82 Å². The van der Waals surface area contributed by atoms with Crippen LogP contribution in [0.15, 0.2) is 71.0 Å². The first-order valence-electron chi connectivity index (χ1n) is 8.43. The summed E-state index contributed by atoms with van der Waals surface area (Å²) in [4.78, 5) is 20.9. The van der Waals surface area contributed by atoms with Crippen molar-refractivity contribution in [3.05, 3.63) is 77.3 Å². The van der Waals surface area contributed by atoms with Crippen LogP contribution in [0.1, 0.15) is 36.1 Å². The summed E-state index contributed by atoms with van der Waals surface area (Å²) >= 11 is 6.07. The lowest BCUT2D eigenvalue weighted by Crippen LogP contribution is -2.16. The third-order valence-electron chi connectivity index (χ3n) is 3.66. The van der Waals surface area contributed by atoms with Gasteiger partial charge >= 0.3 is 0 Å². The maximum atomic E-state index is 12.5. The van der Waals surface area contributed by atoms with Crippen LogP contribution in [0.2, 0.25) is 5.02 Å². The van der Waals surface area contributed by atoms with Gasteiger partial charge in [-0.1, -0.05) is 43.6 Å². The van der Waals surface area contributed by atoms with Gasteiger partial charge in [0.25, 0.3) is 5.91 Å². The normalized spacial score (nSPS) is 11.1. The van der Waals surface area contributed by atoms with Gasteiger partial charge in [-0.3, -0.25) is 4.79 Å².